The van der Waals surface area contributed by atoms with E-state index in [4.69, 9.17) is 4.74 Å². The van der Waals surface area contributed by atoms with Gasteiger partial charge in [-0.15, -0.1) is 0 Å². The van der Waals surface area contributed by atoms with E-state index in [2.05, 4.69) is 0 Å². The number of carbonyl (C=O) groups is 2. The smallest absolute Gasteiger partial charge is 0.338 e. The molecule has 0 spiro atoms. The standard InChI is InChI=1S/C18H26N2O7S/c1-12(2)9-19(10-13(3)4)17(21)11-27-18(22)14-6-7-16(28(5,25)26)15(8-14)20(23)24/h6-8,12-13H,9-11H2,1-5H3. The summed E-state index contributed by atoms with van der Waals surface area (Å²) in [6.07, 6.45) is 0.837. The fraction of sp³-hybridized carbons (Fsp3) is 0.556. The summed E-state index contributed by atoms with van der Waals surface area (Å²) in [7, 11) is -3.84. The van der Waals surface area contributed by atoms with Crippen molar-refractivity contribution in [3.8, 4) is 0 Å². The Balaban J connectivity index is 2.94. The lowest BCUT2D eigenvalue weighted by atomic mass is 10.1. The van der Waals surface area contributed by atoms with Gasteiger partial charge in [-0.3, -0.25) is 14.9 Å². The molecule has 0 saturated carbocycles. The van der Waals surface area contributed by atoms with Crippen LogP contribution in [-0.2, 0) is 19.4 Å². The van der Waals surface area contributed by atoms with Crippen molar-refractivity contribution in [2.45, 2.75) is 32.6 Å². The fourth-order valence-corrected chi connectivity index (χ4v) is 3.39. The molecule has 0 aliphatic rings. The second-order valence-corrected chi connectivity index (χ2v) is 9.36. The number of hydrogen-bond acceptors (Lipinski definition) is 7. The van der Waals surface area contributed by atoms with E-state index in [0.717, 1.165) is 24.5 Å². The summed E-state index contributed by atoms with van der Waals surface area (Å²) in [5.41, 5.74) is -0.921. The van der Waals surface area contributed by atoms with Crippen LogP contribution in [0.15, 0.2) is 23.1 Å². The number of esters is 1. The molecule has 156 valence electrons. The third-order valence-electron chi connectivity index (χ3n) is 3.64. The van der Waals surface area contributed by atoms with Crippen LogP contribution in [0.5, 0.6) is 0 Å². The van der Waals surface area contributed by atoms with Gasteiger partial charge in [-0.25, -0.2) is 13.2 Å². The predicted octanol–water partition coefficient (Wildman–Crippen LogP) is 2.30. The molecule has 1 aromatic carbocycles. The maximum absolute atomic E-state index is 12.4. The molecule has 0 aromatic heterocycles. The summed E-state index contributed by atoms with van der Waals surface area (Å²) in [5, 5.41) is 11.1. The van der Waals surface area contributed by atoms with E-state index in [0.29, 0.717) is 13.1 Å². The molecule has 1 rings (SSSR count). The number of nitro benzene ring substituents is 1. The van der Waals surface area contributed by atoms with E-state index in [1.807, 2.05) is 27.7 Å². The van der Waals surface area contributed by atoms with Crippen LogP contribution in [0.2, 0.25) is 0 Å². The van der Waals surface area contributed by atoms with Crippen LogP contribution >= 0.6 is 0 Å². The molecule has 0 saturated heterocycles. The van der Waals surface area contributed by atoms with E-state index < -0.39 is 37.9 Å². The van der Waals surface area contributed by atoms with Gasteiger partial charge >= 0.3 is 5.97 Å². The maximum Gasteiger partial charge on any atom is 0.338 e. The van der Waals surface area contributed by atoms with E-state index in [1.54, 1.807) is 4.90 Å². The highest BCUT2D eigenvalue weighted by Gasteiger charge is 2.25. The first-order valence-electron chi connectivity index (χ1n) is 8.76. The first kappa shape index (κ1) is 23.5. The number of sulfone groups is 1. The molecule has 9 nitrogen and oxygen atoms in total. The Labute approximate surface area is 164 Å². The molecule has 0 aliphatic carbocycles. The number of rotatable bonds is 9. The predicted molar refractivity (Wildman–Crippen MR) is 103 cm³/mol. The van der Waals surface area contributed by atoms with Crippen molar-refractivity contribution >= 4 is 27.4 Å². The van der Waals surface area contributed by atoms with Gasteiger partial charge in [0.2, 0.25) is 0 Å². The van der Waals surface area contributed by atoms with Gasteiger partial charge in [0, 0.05) is 25.4 Å². The summed E-state index contributed by atoms with van der Waals surface area (Å²) in [6, 6.07) is 2.94. The van der Waals surface area contributed by atoms with Crippen molar-refractivity contribution < 1.29 is 27.7 Å². The van der Waals surface area contributed by atoms with Crippen LogP contribution in [-0.4, -0.2) is 56.1 Å². The first-order chi connectivity index (χ1) is 12.8. The first-order valence-corrected chi connectivity index (χ1v) is 10.7. The highest BCUT2D eigenvalue weighted by atomic mass is 32.2. The molecule has 0 radical (unpaired) electrons. The van der Waals surface area contributed by atoms with Crippen LogP contribution in [0.25, 0.3) is 0 Å². The molecule has 28 heavy (non-hydrogen) atoms. The Kier molecular flexibility index (Phi) is 8.10. The van der Waals surface area contributed by atoms with Crippen molar-refractivity contribution in [1.29, 1.82) is 0 Å². The highest BCUT2D eigenvalue weighted by Crippen LogP contribution is 2.25. The number of ether oxygens (including phenoxy) is 1. The van der Waals surface area contributed by atoms with Crippen molar-refractivity contribution in [3.05, 3.63) is 33.9 Å². The lowest BCUT2D eigenvalue weighted by Gasteiger charge is -2.26. The number of hydrogen-bond donors (Lipinski definition) is 0. The van der Waals surface area contributed by atoms with E-state index >= 15 is 0 Å². The zero-order valence-electron chi connectivity index (χ0n) is 16.7. The van der Waals surface area contributed by atoms with Crippen molar-refractivity contribution in [1.82, 2.24) is 4.90 Å². The van der Waals surface area contributed by atoms with E-state index in [1.165, 1.54) is 0 Å². The van der Waals surface area contributed by atoms with Gasteiger partial charge in [-0.2, -0.15) is 0 Å². The zero-order valence-corrected chi connectivity index (χ0v) is 17.5. The second kappa shape index (κ2) is 9.63. The molecular formula is C18H26N2O7S. The minimum atomic E-state index is -3.84. The monoisotopic (exact) mass is 414 g/mol. The summed E-state index contributed by atoms with van der Waals surface area (Å²) in [5.74, 6) is -0.822. The second-order valence-electron chi connectivity index (χ2n) is 7.37. The van der Waals surface area contributed by atoms with Crippen LogP contribution in [0.4, 0.5) is 5.69 Å². The average molecular weight is 414 g/mol. The number of carbonyl (C=O) groups excluding carboxylic acids is 2. The van der Waals surface area contributed by atoms with E-state index in [9.17, 15) is 28.1 Å². The van der Waals surface area contributed by atoms with Gasteiger partial charge in [0.1, 0.15) is 4.90 Å². The van der Waals surface area contributed by atoms with Crippen molar-refractivity contribution in [3.63, 3.8) is 0 Å². The Bertz CT molecular complexity index is 837. The van der Waals surface area contributed by atoms with E-state index in [-0.39, 0.29) is 23.3 Å². The summed E-state index contributed by atoms with van der Waals surface area (Å²) >= 11 is 0. The lowest BCUT2D eigenvalue weighted by Crippen LogP contribution is -2.39. The molecular weight excluding hydrogens is 388 g/mol. The third kappa shape index (κ3) is 6.91. The Hall–Kier alpha value is -2.49. The summed E-state index contributed by atoms with van der Waals surface area (Å²) in [4.78, 5) is 35.9. The fourth-order valence-electron chi connectivity index (χ4n) is 2.56. The number of benzene rings is 1. The molecule has 0 heterocycles. The van der Waals surface area contributed by atoms with Crippen LogP contribution in [0.3, 0.4) is 0 Å². The Morgan fingerprint density at radius 3 is 2.11 bits per heavy atom. The molecule has 0 bridgehead atoms. The molecule has 0 aliphatic heterocycles. The van der Waals surface area contributed by atoms with Gasteiger partial charge in [0.25, 0.3) is 11.6 Å². The van der Waals surface area contributed by atoms with Crippen molar-refractivity contribution in [2.24, 2.45) is 11.8 Å². The van der Waals surface area contributed by atoms with Crippen LogP contribution < -0.4 is 0 Å². The molecule has 0 atom stereocenters. The maximum atomic E-state index is 12.4. The number of amides is 1. The largest absolute Gasteiger partial charge is 0.452 e. The van der Waals surface area contributed by atoms with Gasteiger partial charge in [0.05, 0.1) is 10.5 Å². The Morgan fingerprint density at radius 1 is 1.14 bits per heavy atom. The summed E-state index contributed by atoms with van der Waals surface area (Å²) < 4.78 is 28.3. The highest BCUT2D eigenvalue weighted by molar-refractivity contribution is 7.90. The van der Waals surface area contributed by atoms with Gasteiger partial charge in [-0.1, -0.05) is 27.7 Å². The molecule has 0 fully saturated rings. The van der Waals surface area contributed by atoms with Gasteiger partial charge < -0.3 is 9.64 Å². The minimum Gasteiger partial charge on any atom is -0.452 e. The quantitative estimate of drug-likeness (QED) is 0.345. The van der Waals surface area contributed by atoms with Gasteiger partial charge in [0.15, 0.2) is 16.4 Å². The lowest BCUT2D eigenvalue weighted by molar-refractivity contribution is -0.387. The molecule has 1 aromatic rings. The number of nitro groups is 1. The molecule has 0 unspecified atom stereocenters. The molecule has 1 amide bonds. The molecule has 10 heteroatoms. The van der Waals surface area contributed by atoms with Crippen molar-refractivity contribution in [2.75, 3.05) is 26.0 Å². The summed E-state index contributed by atoms with van der Waals surface area (Å²) in [6.45, 7) is 8.40. The minimum absolute atomic E-state index is 0.203. The average Bonchev–Trinajstić information content (AvgIpc) is 2.56. The normalized spacial score (nSPS) is 11.5. The number of nitrogens with zero attached hydrogens (tertiary/aromatic N) is 2. The van der Waals surface area contributed by atoms with Crippen LogP contribution in [0, 0.1) is 22.0 Å². The SMILES string of the molecule is CC(C)CN(CC(C)C)C(=O)COC(=O)c1ccc(S(C)(=O)=O)c([N+](=O)[O-])c1. The zero-order chi connectivity index (χ0) is 21.6. The topological polar surface area (TPSA) is 124 Å². The van der Waals surface area contributed by atoms with Crippen LogP contribution in [0.1, 0.15) is 38.1 Å². The molecule has 0 N–H and O–H groups in total. The third-order valence-corrected chi connectivity index (χ3v) is 4.79. The Morgan fingerprint density at radius 2 is 1.68 bits per heavy atom. The van der Waals surface area contributed by atoms with Gasteiger partial charge in [-0.05, 0) is 24.0 Å².